The maximum Gasteiger partial charge on any atom is 0.310 e. The molecule has 1 unspecified atom stereocenters. The highest BCUT2D eigenvalue weighted by Gasteiger charge is 2.24. The van der Waals surface area contributed by atoms with E-state index in [4.69, 9.17) is 0 Å². The minimum atomic E-state index is -0.963. The highest BCUT2D eigenvalue weighted by Crippen LogP contribution is 2.35. The molecule has 3 aromatic rings. The third-order valence-corrected chi connectivity index (χ3v) is 5.03. The van der Waals surface area contributed by atoms with Crippen molar-refractivity contribution >= 4 is 32.8 Å². The molecule has 3 rings (SSSR count). The fourth-order valence-electron chi connectivity index (χ4n) is 3.16. The summed E-state index contributed by atoms with van der Waals surface area (Å²) in [6.07, 6.45) is 0. The normalized spacial score (nSPS) is 12.5. The first kappa shape index (κ1) is 17.5. The van der Waals surface area contributed by atoms with Crippen LogP contribution in [0.5, 0.6) is 5.75 Å². The van der Waals surface area contributed by atoms with Gasteiger partial charge in [0.2, 0.25) is 0 Å². The first-order valence-electron chi connectivity index (χ1n) is 7.78. The number of carbonyl (C=O) groups is 1. The van der Waals surface area contributed by atoms with Gasteiger partial charge in [-0.05, 0) is 43.2 Å². The van der Waals surface area contributed by atoms with Crippen molar-refractivity contribution in [1.82, 2.24) is 4.57 Å². The number of hydrogen-bond acceptors (Lipinski definition) is 2. The Morgan fingerprint density at radius 3 is 2.52 bits per heavy atom. The standard InChI is InChI=1S/C19H17BrFNO3/c1-10(19(24)25)18-11(2)22(9-12-3-5-13(20)6-4-12)16-8-15(21)17(23)7-14(16)18/h3-8,10,23H,9H2,1-2H3,(H,24,25). The number of aliphatic carboxylic acids is 1. The van der Waals surface area contributed by atoms with E-state index in [0.717, 1.165) is 15.7 Å². The zero-order valence-electron chi connectivity index (χ0n) is 13.8. The molecule has 0 saturated carbocycles. The van der Waals surface area contributed by atoms with E-state index in [1.54, 1.807) is 6.92 Å². The zero-order chi connectivity index (χ0) is 18.3. The van der Waals surface area contributed by atoms with Crippen LogP contribution in [0.25, 0.3) is 10.9 Å². The van der Waals surface area contributed by atoms with Crippen LogP contribution in [-0.2, 0) is 11.3 Å². The van der Waals surface area contributed by atoms with Crippen molar-refractivity contribution in [2.75, 3.05) is 0 Å². The Kier molecular flexibility index (Phi) is 4.56. The van der Waals surface area contributed by atoms with Gasteiger partial charge in [-0.15, -0.1) is 0 Å². The maximum absolute atomic E-state index is 13.9. The van der Waals surface area contributed by atoms with Crippen LogP contribution in [0.3, 0.4) is 0 Å². The van der Waals surface area contributed by atoms with Gasteiger partial charge in [-0.3, -0.25) is 4.79 Å². The quantitative estimate of drug-likeness (QED) is 0.655. The second-order valence-corrected chi connectivity index (χ2v) is 7.01. The molecule has 0 spiro atoms. The number of benzene rings is 2. The van der Waals surface area contributed by atoms with E-state index in [-0.39, 0.29) is 0 Å². The minimum absolute atomic E-state index is 0.478. The van der Waals surface area contributed by atoms with Crippen molar-refractivity contribution in [2.24, 2.45) is 0 Å². The number of carboxylic acid groups (broad SMARTS) is 1. The smallest absolute Gasteiger partial charge is 0.310 e. The number of carboxylic acids is 1. The van der Waals surface area contributed by atoms with E-state index in [1.165, 1.54) is 12.1 Å². The van der Waals surface area contributed by atoms with Gasteiger partial charge in [0.15, 0.2) is 11.6 Å². The van der Waals surface area contributed by atoms with Crippen LogP contribution < -0.4 is 0 Å². The summed E-state index contributed by atoms with van der Waals surface area (Å²) < 4.78 is 16.8. The second kappa shape index (κ2) is 6.52. The average Bonchev–Trinajstić information content (AvgIpc) is 2.81. The van der Waals surface area contributed by atoms with Crippen molar-refractivity contribution in [2.45, 2.75) is 26.3 Å². The van der Waals surface area contributed by atoms with Crippen molar-refractivity contribution in [1.29, 1.82) is 0 Å². The third-order valence-electron chi connectivity index (χ3n) is 4.50. The summed E-state index contributed by atoms with van der Waals surface area (Å²) in [5.41, 5.74) is 2.91. The van der Waals surface area contributed by atoms with Gasteiger partial charge in [0.1, 0.15) is 0 Å². The molecular weight excluding hydrogens is 389 g/mol. The topological polar surface area (TPSA) is 62.5 Å². The second-order valence-electron chi connectivity index (χ2n) is 6.09. The zero-order valence-corrected chi connectivity index (χ0v) is 15.3. The predicted octanol–water partition coefficient (Wildman–Crippen LogP) is 4.79. The number of phenols is 1. The van der Waals surface area contributed by atoms with E-state index in [2.05, 4.69) is 15.9 Å². The maximum atomic E-state index is 13.9. The molecule has 2 aromatic carbocycles. The highest BCUT2D eigenvalue weighted by atomic mass is 79.9. The molecule has 1 aromatic heterocycles. The van der Waals surface area contributed by atoms with Crippen molar-refractivity contribution < 1.29 is 19.4 Å². The van der Waals surface area contributed by atoms with Gasteiger partial charge in [-0.25, -0.2) is 4.39 Å². The largest absolute Gasteiger partial charge is 0.505 e. The molecule has 0 saturated heterocycles. The van der Waals surface area contributed by atoms with Crippen LogP contribution in [0.1, 0.15) is 29.7 Å². The van der Waals surface area contributed by atoms with Crippen molar-refractivity contribution in [3.63, 3.8) is 0 Å². The summed E-state index contributed by atoms with van der Waals surface area (Å²) in [4.78, 5) is 11.5. The lowest BCUT2D eigenvalue weighted by Crippen LogP contribution is -2.09. The summed E-state index contributed by atoms with van der Waals surface area (Å²) in [5, 5.41) is 19.7. The molecule has 0 aliphatic rings. The average molecular weight is 406 g/mol. The Balaban J connectivity index is 2.23. The molecule has 2 N–H and O–H groups in total. The number of nitrogens with zero attached hydrogens (tertiary/aromatic N) is 1. The molecule has 0 radical (unpaired) electrons. The predicted molar refractivity (Wildman–Crippen MR) is 97.6 cm³/mol. The molecule has 0 fully saturated rings. The van der Waals surface area contributed by atoms with Gasteiger partial charge < -0.3 is 14.8 Å². The molecule has 1 heterocycles. The van der Waals surface area contributed by atoms with Crippen LogP contribution in [0.15, 0.2) is 40.9 Å². The molecule has 0 aliphatic carbocycles. The van der Waals surface area contributed by atoms with Crippen molar-refractivity contribution in [3.05, 3.63) is 63.5 Å². The Morgan fingerprint density at radius 1 is 1.28 bits per heavy atom. The first-order chi connectivity index (χ1) is 11.8. The van der Waals surface area contributed by atoms with Gasteiger partial charge >= 0.3 is 5.97 Å². The van der Waals surface area contributed by atoms with E-state index in [1.807, 2.05) is 35.8 Å². The van der Waals surface area contributed by atoms with Gasteiger partial charge in [0.05, 0.1) is 11.4 Å². The Morgan fingerprint density at radius 2 is 1.92 bits per heavy atom. The van der Waals surface area contributed by atoms with Gasteiger partial charge in [0.25, 0.3) is 0 Å². The van der Waals surface area contributed by atoms with Crippen LogP contribution in [0, 0.1) is 12.7 Å². The Labute approximate surface area is 152 Å². The number of hydrogen-bond donors (Lipinski definition) is 2. The van der Waals surface area contributed by atoms with Crippen LogP contribution >= 0.6 is 15.9 Å². The fraction of sp³-hybridized carbons (Fsp3) is 0.211. The molecule has 6 heteroatoms. The lowest BCUT2D eigenvalue weighted by Gasteiger charge is -2.11. The lowest BCUT2D eigenvalue weighted by molar-refractivity contribution is -0.138. The molecule has 4 nitrogen and oxygen atoms in total. The van der Waals surface area contributed by atoms with Crippen LogP contribution in [-0.4, -0.2) is 20.7 Å². The summed E-state index contributed by atoms with van der Waals surface area (Å²) in [5.74, 6) is -2.93. The molecule has 0 bridgehead atoms. The molecule has 0 amide bonds. The van der Waals surface area contributed by atoms with Crippen molar-refractivity contribution in [3.8, 4) is 5.75 Å². The third kappa shape index (κ3) is 3.14. The molecule has 0 aliphatic heterocycles. The Bertz CT molecular complexity index is 963. The lowest BCUT2D eigenvalue weighted by atomic mass is 9.98. The minimum Gasteiger partial charge on any atom is -0.505 e. The van der Waals surface area contributed by atoms with E-state index in [9.17, 15) is 19.4 Å². The first-order valence-corrected chi connectivity index (χ1v) is 8.57. The summed E-state index contributed by atoms with van der Waals surface area (Å²) in [7, 11) is 0. The fourth-order valence-corrected chi connectivity index (χ4v) is 3.42. The summed E-state index contributed by atoms with van der Waals surface area (Å²) in [6.45, 7) is 3.89. The number of aromatic hydroxyl groups is 1. The Hall–Kier alpha value is -2.34. The number of phenolic OH excluding ortho intramolecular Hbond substituents is 1. The molecule has 1 atom stereocenters. The number of fused-ring (bicyclic) bond motifs is 1. The summed E-state index contributed by atoms with van der Waals surface area (Å²) in [6, 6.07) is 10.3. The number of aromatic nitrogens is 1. The molecule has 25 heavy (non-hydrogen) atoms. The van der Waals surface area contributed by atoms with Gasteiger partial charge in [-0.1, -0.05) is 28.1 Å². The van der Waals surface area contributed by atoms with Crippen LogP contribution in [0.2, 0.25) is 0 Å². The van der Waals surface area contributed by atoms with E-state index >= 15 is 0 Å². The van der Waals surface area contributed by atoms with Crippen LogP contribution in [0.4, 0.5) is 4.39 Å². The van der Waals surface area contributed by atoms with E-state index in [0.29, 0.717) is 23.0 Å². The summed E-state index contributed by atoms with van der Waals surface area (Å²) >= 11 is 3.39. The number of halogens is 2. The van der Waals surface area contributed by atoms with Gasteiger partial charge in [-0.2, -0.15) is 0 Å². The molecule has 130 valence electrons. The van der Waals surface area contributed by atoms with E-state index < -0.39 is 23.5 Å². The molecular formula is C19H17BrFNO3. The highest BCUT2D eigenvalue weighted by molar-refractivity contribution is 9.10. The monoisotopic (exact) mass is 405 g/mol. The van der Waals surface area contributed by atoms with Gasteiger partial charge in [0, 0.05) is 28.2 Å². The SMILES string of the molecule is Cc1c(C(C)C(=O)O)c2cc(O)c(F)cc2n1Cc1ccc(Br)cc1. The number of rotatable bonds is 4.